The van der Waals surface area contributed by atoms with Gasteiger partial charge in [0.05, 0.1) is 0 Å². The predicted octanol–water partition coefficient (Wildman–Crippen LogP) is 2.82. The maximum atomic E-state index is 3.51. The van der Waals surface area contributed by atoms with Crippen LogP contribution in [-0.4, -0.2) is 5.33 Å². The van der Waals surface area contributed by atoms with E-state index in [0.717, 1.165) is 11.8 Å². The van der Waals surface area contributed by atoms with Crippen molar-refractivity contribution in [1.29, 1.82) is 0 Å². The van der Waals surface area contributed by atoms with Crippen LogP contribution < -0.4 is 0 Å². The summed E-state index contributed by atoms with van der Waals surface area (Å²) < 4.78 is 0. The van der Waals surface area contributed by atoms with E-state index < -0.39 is 0 Å². The number of alkyl halides is 1. The monoisotopic (exact) mass is 176 g/mol. The maximum absolute atomic E-state index is 3.51. The molecule has 1 aliphatic carbocycles. The molecule has 0 bridgehead atoms. The SMILES string of the molecule is CCC1CCC1CBr. The molecule has 2 unspecified atom stereocenters. The summed E-state index contributed by atoms with van der Waals surface area (Å²) in [7, 11) is 0. The minimum Gasteiger partial charge on any atom is -0.0925 e. The van der Waals surface area contributed by atoms with Crippen molar-refractivity contribution in [3.8, 4) is 0 Å². The molecule has 0 aromatic rings. The van der Waals surface area contributed by atoms with Crippen molar-refractivity contribution in [3.63, 3.8) is 0 Å². The van der Waals surface area contributed by atoms with Crippen molar-refractivity contribution >= 4 is 15.9 Å². The molecule has 0 saturated heterocycles. The Balaban J connectivity index is 2.16. The Morgan fingerprint density at radius 1 is 1.38 bits per heavy atom. The highest BCUT2D eigenvalue weighted by Crippen LogP contribution is 2.37. The molecule has 0 aromatic carbocycles. The van der Waals surface area contributed by atoms with Crippen LogP contribution in [0, 0.1) is 11.8 Å². The van der Waals surface area contributed by atoms with Gasteiger partial charge in [0, 0.05) is 5.33 Å². The fourth-order valence-electron chi connectivity index (χ4n) is 1.38. The van der Waals surface area contributed by atoms with Gasteiger partial charge in [-0.1, -0.05) is 29.3 Å². The third kappa shape index (κ3) is 1.07. The van der Waals surface area contributed by atoms with Gasteiger partial charge < -0.3 is 0 Å². The molecule has 2 atom stereocenters. The lowest BCUT2D eigenvalue weighted by Gasteiger charge is -2.34. The van der Waals surface area contributed by atoms with E-state index in [0.29, 0.717) is 0 Å². The Morgan fingerprint density at radius 3 is 2.12 bits per heavy atom. The fraction of sp³-hybridized carbons (Fsp3) is 1.00. The summed E-state index contributed by atoms with van der Waals surface area (Å²) >= 11 is 3.51. The van der Waals surface area contributed by atoms with Gasteiger partial charge in [-0.25, -0.2) is 0 Å². The molecule has 1 fully saturated rings. The quantitative estimate of drug-likeness (QED) is 0.569. The first-order chi connectivity index (χ1) is 3.88. The van der Waals surface area contributed by atoms with Crippen LogP contribution in [0.1, 0.15) is 26.2 Å². The van der Waals surface area contributed by atoms with Crippen molar-refractivity contribution in [2.75, 3.05) is 5.33 Å². The van der Waals surface area contributed by atoms with Crippen LogP contribution in [0.15, 0.2) is 0 Å². The normalized spacial score (nSPS) is 36.8. The number of rotatable bonds is 2. The molecule has 1 saturated carbocycles. The highest BCUT2D eigenvalue weighted by Gasteiger charge is 2.27. The zero-order valence-electron chi connectivity index (χ0n) is 5.36. The van der Waals surface area contributed by atoms with Crippen molar-refractivity contribution < 1.29 is 0 Å². The molecule has 0 N–H and O–H groups in total. The van der Waals surface area contributed by atoms with Gasteiger partial charge >= 0.3 is 0 Å². The minimum atomic E-state index is 1.01. The molecule has 48 valence electrons. The van der Waals surface area contributed by atoms with Gasteiger partial charge in [0.2, 0.25) is 0 Å². The van der Waals surface area contributed by atoms with Crippen LogP contribution in [0.4, 0.5) is 0 Å². The molecule has 1 aliphatic rings. The van der Waals surface area contributed by atoms with Crippen LogP contribution in [0.3, 0.4) is 0 Å². The first-order valence-corrected chi connectivity index (χ1v) is 4.56. The number of hydrogen-bond donors (Lipinski definition) is 0. The standard InChI is InChI=1S/C7H13Br/c1-2-6-3-4-7(6)5-8/h6-7H,2-5H2,1H3. The molecule has 0 heterocycles. The predicted molar refractivity (Wildman–Crippen MR) is 40.3 cm³/mol. The third-order valence-electron chi connectivity index (χ3n) is 2.30. The lowest BCUT2D eigenvalue weighted by molar-refractivity contribution is 0.197. The third-order valence-corrected chi connectivity index (χ3v) is 3.13. The zero-order valence-corrected chi connectivity index (χ0v) is 6.95. The van der Waals surface area contributed by atoms with Crippen LogP contribution in [-0.2, 0) is 0 Å². The van der Waals surface area contributed by atoms with Gasteiger partial charge in [-0.15, -0.1) is 0 Å². The van der Waals surface area contributed by atoms with Gasteiger partial charge in [0.25, 0.3) is 0 Å². The van der Waals surface area contributed by atoms with E-state index in [4.69, 9.17) is 0 Å². The minimum absolute atomic E-state index is 1.01. The first-order valence-electron chi connectivity index (χ1n) is 3.44. The summed E-state index contributed by atoms with van der Waals surface area (Å²) in [5.74, 6) is 2.06. The zero-order chi connectivity index (χ0) is 5.98. The molecular formula is C7H13Br. The Morgan fingerprint density at radius 2 is 2.00 bits per heavy atom. The molecule has 0 radical (unpaired) electrons. The lowest BCUT2D eigenvalue weighted by Crippen LogP contribution is -2.25. The van der Waals surface area contributed by atoms with Gasteiger partial charge in [-0.2, -0.15) is 0 Å². The molecular weight excluding hydrogens is 164 g/mol. The van der Waals surface area contributed by atoms with Crippen LogP contribution in [0.25, 0.3) is 0 Å². The van der Waals surface area contributed by atoms with E-state index in [1.54, 1.807) is 0 Å². The summed E-state index contributed by atoms with van der Waals surface area (Å²) in [4.78, 5) is 0. The number of halogens is 1. The van der Waals surface area contributed by atoms with E-state index in [1.807, 2.05) is 0 Å². The van der Waals surface area contributed by atoms with Gasteiger partial charge in [0.1, 0.15) is 0 Å². The van der Waals surface area contributed by atoms with Gasteiger partial charge in [-0.3, -0.25) is 0 Å². The van der Waals surface area contributed by atoms with Crippen molar-refractivity contribution in [3.05, 3.63) is 0 Å². The van der Waals surface area contributed by atoms with Crippen molar-refractivity contribution in [1.82, 2.24) is 0 Å². The fourth-order valence-corrected chi connectivity index (χ4v) is 2.23. The second kappa shape index (κ2) is 2.86. The second-order valence-electron chi connectivity index (χ2n) is 2.66. The largest absolute Gasteiger partial charge is 0.0925 e. The highest BCUT2D eigenvalue weighted by atomic mass is 79.9. The Bertz CT molecular complexity index is 56.8. The number of hydrogen-bond acceptors (Lipinski definition) is 0. The second-order valence-corrected chi connectivity index (χ2v) is 3.31. The summed E-state index contributed by atoms with van der Waals surface area (Å²) in [5, 5.41) is 1.23. The highest BCUT2D eigenvalue weighted by molar-refractivity contribution is 9.09. The smallest absolute Gasteiger partial charge is 0.00623 e. The van der Waals surface area contributed by atoms with E-state index in [9.17, 15) is 0 Å². The molecule has 0 spiro atoms. The van der Waals surface area contributed by atoms with Gasteiger partial charge in [0.15, 0.2) is 0 Å². The first kappa shape index (κ1) is 6.60. The van der Waals surface area contributed by atoms with Crippen LogP contribution >= 0.6 is 15.9 Å². The van der Waals surface area contributed by atoms with E-state index in [-0.39, 0.29) is 0 Å². The van der Waals surface area contributed by atoms with E-state index in [1.165, 1.54) is 24.6 Å². The molecule has 0 aliphatic heterocycles. The Labute approximate surface area is 59.8 Å². The van der Waals surface area contributed by atoms with Crippen molar-refractivity contribution in [2.45, 2.75) is 26.2 Å². The average molecular weight is 177 g/mol. The summed E-state index contributed by atoms with van der Waals surface area (Å²) in [5.41, 5.74) is 0. The van der Waals surface area contributed by atoms with E-state index >= 15 is 0 Å². The molecule has 0 amide bonds. The van der Waals surface area contributed by atoms with Gasteiger partial charge in [-0.05, 0) is 24.7 Å². The van der Waals surface area contributed by atoms with Crippen LogP contribution in [0.2, 0.25) is 0 Å². The molecule has 0 nitrogen and oxygen atoms in total. The van der Waals surface area contributed by atoms with Crippen molar-refractivity contribution in [2.24, 2.45) is 11.8 Å². The average Bonchev–Trinajstić information content (AvgIpc) is 1.66. The molecule has 0 aromatic heterocycles. The maximum Gasteiger partial charge on any atom is 0.00623 e. The lowest BCUT2D eigenvalue weighted by atomic mass is 9.74. The summed E-state index contributed by atoms with van der Waals surface area (Å²) in [6.45, 7) is 2.29. The topological polar surface area (TPSA) is 0 Å². The molecule has 1 rings (SSSR count). The summed E-state index contributed by atoms with van der Waals surface area (Å²) in [6, 6.07) is 0. The summed E-state index contributed by atoms with van der Waals surface area (Å²) in [6.07, 6.45) is 4.33. The molecule has 1 heteroatoms. The van der Waals surface area contributed by atoms with E-state index in [2.05, 4.69) is 22.9 Å². The Hall–Kier alpha value is 0.480. The Kier molecular flexibility index (Phi) is 2.36. The van der Waals surface area contributed by atoms with Crippen LogP contribution in [0.5, 0.6) is 0 Å². The molecule has 8 heavy (non-hydrogen) atoms.